The largest absolute Gasteiger partial charge is 0.440 e. The Morgan fingerprint density at radius 1 is 1.11 bits per heavy atom. The van der Waals surface area contributed by atoms with Gasteiger partial charge in [-0.05, 0) is 59.2 Å². The lowest BCUT2D eigenvalue weighted by atomic mass is 9.93. The van der Waals surface area contributed by atoms with Gasteiger partial charge >= 0.3 is 5.97 Å². The van der Waals surface area contributed by atoms with Crippen molar-refractivity contribution in [2.75, 3.05) is 0 Å². The highest BCUT2D eigenvalue weighted by atomic mass is 32.2. The van der Waals surface area contributed by atoms with Gasteiger partial charge in [0.05, 0.1) is 11.1 Å². The number of β-lactam (4-membered cyclic amide) rings is 1. The Hall–Kier alpha value is -2.99. The second-order valence-corrected chi connectivity index (χ2v) is 13.6. The van der Waals surface area contributed by atoms with Gasteiger partial charge in [-0.3, -0.25) is 19.7 Å². The molecule has 4 atom stereocenters. The number of carbonyl (C=O) groups is 3. The maximum Gasteiger partial charge on any atom is 0.313 e. The molecule has 2 aromatic rings. The van der Waals surface area contributed by atoms with Gasteiger partial charge in [0, 0.05) is 4.75 Å². The van der Waals surface area contributed by atoms with Crippen molar-refractivity contribution in [3.63, 3.8) is 0 Å². The van der Waals surface area contributed by atoms with Gasteiger partial charge in [0.2, 0.25) is 18.5 Å². The summed E-state index contributed by atoms with van der Waals surface area (Å²) in [6, 6.07) is 8.02. The van der Waals surface area contributed by atoms with Crippen LogP contribution in [0.3, 0.4) is 0 Å². The van der Waals surface area contributed by atoms with Crippen LogP contribution >= 0.6 is 11.8 Å². The summed E-state index contributed by atoms with van der Waals surface area (Å²) in [7, 11) is 0. The number of fused-ring (bicyclic) bond motifs is 1. The van der Waals surface area contributed by atoms with Crippen LogP contribution in [0.1, 0.15) is 71.9 Å². The molecule has 3 saturated heterocycles. The molecule has 0 saturated carbocycles. The van der Waals surface area contributed by atoms with E-state index in [1.807, 2.05) is 58.0 Å². The van der Waals surface area contributed by atoms with Gasteiger partial charge in [-0.1, -0.05) is 30.3 Å². The van der Waals surface area contributed by atoms with Crippen LogP contribution in [0.25, 0.3) is 0 Å². The number of thioether (sulfide) groups is 1. The van der Waals surface area contributed by atoms with Crippen LogP contribution in [0.5, 0.6) is 0 Å². The molecule has 3 fully saturated rings. The van der Waals surface area contributed by atoms with E-state index in [2.05, 4.69) is 20.7 Å². The first-order chi connectivity index (χ1) is 17.2. The van der Waals surface area contributed by atoms with Gasteiger partial charge in [-0.25, -0.2) is 0 Å². The van der Waals surface area contributed by atoms with Crippen LogP contribution < -0.4 is 5.32 Å². The Bertz CT molecular complexity index is 1240. The van der Waals surface area contributed by atoms with Gasteiger partial charge < -0.3 is 14.5 Å². The standard InChI is InChI=1S/C25H33N7O4S/c1-23(2,3)22(35)36-13-30-28-18(27-29-30)17-24(4,5)37-21-16(20(34)31(17)21)32-19(33)15(26-25(32,6)7)14-11-9-8-10-12-14/h8-12,15-17,21,26H,13H2,1-7H3/t15?,16?,17?,21-/m0/s1. The van der Waals surface area contributed by atoms with Crippen LogP contribution in [0.2, 0.25) is 0 Å². The molecule has 0 bridgehead atoms. The molecular weight excluding hydrogens is 494 g/mol. The topological polar surface area (TPSA) is 123 Å². The van der Waals surface area contributed by atoms with E-state index >= 15 is 0 Å². The lowest BCUT2D eigenvalue weighted by Gasteiger charge is -2.50. The van der Waals surface area contributed by atoms with E-state index in [9.17, 15) is 14.4 Å². The minimum atomic E-state index is -0.703. The summed E-state index contributed by atoms with van der Waals surface area (Å²) in [5.41, 5.74) is -0.475. The Morgan fingerprint density at radius 3 is 2.43 bits per heavy atom. The first-order valence-electron chi connectivity index (χ1n) is 12.3. The van der Waals surface area contributed by atoms with Crippen molar-refractivity contribution in [2.45, 2.75) is 89.1 Å². The van der Waals surface area contributed by atoms with E-state index in [-0.39, 0.29) is 29.9 Å². The highest BCUT2D eigenvalue weighted by Crippen LogP contribution is 2.58. The molecule has 11 nitrogen and oxygen atoms in total. The summed E-state index contributed by atoms with van der Waals surface area (Å²) in [6.45, 7) is 13.1. The van der Waals surface area contributed by atoms with Crippen molar-refractivity contribution in [1.82, 2.24) is 35.3 Å². The van der Waals surface area contributed by atoms with Crippen molar-refractivity contribution < 1.29 is 19.1 Å². The number of aromatic nitrogens is 4. The number of nitrogens with one attached hydrogen (secondary N) is 1. The average Bonchev–Trinajstić information content (AvgIpc) is 3.44. The molecule has 3 aliphatic heterocycles. The normalized spacial score (nSPS) is 28.3. The van der Waals surface area contributed by atoms with Crippen molar-refractivity contribution in [2.24, 2.45) is 5.41 Å². The molecule has 5 rings (SSSR count). The summed E-state index contributed by atoms with van der Waals surface area (Å²) < 4.78 is 4.87. The smallest absolute Gasteiger partial charge is 0.313 e. The minimum absolute atomic E-state index is 0.110. The van der Waals surface area contributed by atoms with Crippen LogP contribution in [0, 0.1) is 5.41 Å². The lowest BCUT2D eigenvalue weighted by molar-refractivity contribution is -0.165. The highest BCUT2D eigenvalue weighted by molar-refractivity contribution is 8.01. The zero-order valence-electron chi connectivity index (χ0n) is 22.1. The number of carbonyl (C=O) groups excluding carboxylic acids is 3. The van der Waals surface area contributed by atoms with E-state index in [1.165, 1.54) is 4.80 Å². The fourth-order valence-corrected chi connectivity index (χ4v) is 6.93. The third kappa shape index (κ3) is 4.19. The number of ether oxygens (including phenoxy) is 1. The van der Waals surface area contributed by atoms with Gasteiger partial charge in [0.25, 0.3) is 0 Å². The monoisotopic (exact) mass is 527 g/mol. The molecule has 12 heteroatoms. The number of nitrogens with zero attached hydrogens (tertiary/aromatic N) is 6. The number of hydrogen-bond acceptors (Lipinski definition) is 9. The Kier molecular flexibility index (Phi) is 5.91. The van der Waals surface area contributed by atoms with E-state index < -0.39 is 34.0 Å². The number of benzene rings is 1. The van der Waals surface area contributed by atoms with E-state index in [0.717, 1.165) is 5.56 Å². The first-order valence-corrected chi connectivity index (χ1v) is 13.2. The Balaban J connectivity index is 1.35. The van der Waals surface area contributed by atoms with Crippen molar-refractivity contribution in [1.29, 1.82) is 0 Å². The zero-order valence-corrected chi connectivity index (χ0v) is 22.9. The third-order valence-electron chi connectivity index (χ3n) is 7.04. The third-order valence-corrected chi connectivity index (χ3v) is 8.60. The lowest BCUT2D eigenvalue weighted by Crippen LogP contribution is -2.71. The minimum Gasteiger partial charge on any atom is -0.440 e. The van der Waals surface area contributed by atoms with Crippen molar-refractivity contribution in [3.05, 3.63) is 41.7 Å². The molecule has 1 aromatic carbocycles. The molecule has 198 valence electrons. The first kappa shape index (κ1) is 25.7. The summed E-state index contributed by atoms with van der Waals surface area (Å²) in [5.74, 6) is -0.239. The molecule has 2 amide bonds. The maximum atomic E-state index is 13.6. The molecule has 0 aliphatic carbocycles. The SMILES string of the molecule is CC(C)(C)C(=O)OCn1nnc(C2N3C(=O)C(N4C(=O)C(c5ccccc5)NC4(C)C)[C@@H]3SC2(C)C)n1. The molecule has 1 aromatic heterocycles. The summed E-state index contributed by atoms with van der Waals surface area (Å²) in [6.07, 6.45) is 0. The molecule has 0 radical (unpaired) electrons. The number of tetrazole rings is 1. The highest BCUT2D eigenvalue weighted by Gasteiger charge is 2.67. The summed E-state index contributed by atoms with van der Waals surface area (Å²) >= 11 is 1.63. The molecule has 37 heavy (non-hydrogen) atoms. The fraction of sp³-hybridized carbons (Fsp3) is 0.600. The molecule has 0 spiro atoms. The molecule has 1 N–H and O–H groups in total. The quantitative estimate of drug-likeness (QED) is 0.461. The van der Waals surface area contributed by atoms with Crippen LogP contribution in [-0.2, 0) is 25.9 Å². The van der Waals surface area contributed by atoms with E-state index in [1.54, 1.807) is 42.3 Å². The molecule has 3 aliphatic rings. The predicted octanol–water partition coefficient (Wildman–Crippen LogP) is 2.23. The van der Waals surface area contributed by atoms with Crippen LogP contribution in [0.4, 0.5) is 0 Å². The van der Waals surface area contributed by atoms with Crippen molar-refractivity contribution >= 4 is 29.5 Å². The van der Waals surface area contributed by atoms with E-state index in [4.69, 9.17) is 4.74 Å². The number of esters is 1. The Morgan fingerprint density at radius 2 is 1.78 bits per heavy atom. The summed E-state index contributed by atoms with van der Waals surface area (Å²) in [4.78, 5) is 44.0. The van der Waals surface area contributed by atoms with Gasteiger partial charge in [0.1, 0.15) is 23.5 Å². The van der Waals surface area contributed by atoms with Gasteiger partial charge in [-0.15, -0.1) is 26.8 Å². The number of hydrogen-bond donors (Lipinski definition) is 1. The van der Waals surface area contributed by atoms with E-state index in [0.29, 0.717) is 5.82 Å². The number of amides is 2. The maximum absolute atomic E-state index is 13.6. The fourth-order valence-electron chi connectivity index (χ4n) is 5.26. The zero-order chi connectivity index (χ0) is 26.9. The molecular formula is C25H33N7O4S. The Labute approximate surface area is 220 Å². The van der Waals surface area contributed by atoms with Gasteiger partial charge in [-0.2, -0.15) is 0 Å². The molecule has 4 heterocycles. The second kappa shape index (κ2) is 8.52. The molecule has 3 unspecified atom stereocenters. The van der Waals surface area contributed by atoms with Crippen LogP contribution in [-0.4, -0.2) is 69.6 Å². The summed E-state index contributed by atoms with van der Waals surface area (Å²) in [5, 5.41) is 15.8. The average molecular weight is 528 g/mol. The number of rotatable bonds is 5. The predicted molar refractivity (Wildman–Crippen MR) is 135 cm³/mol. The second-order valence-electron chi connectivity index (χ2n) is 11.8. The van der Waals surface area contributed by atoms with Crippen LogP contribution in [0.15, 0.2) is 30.3 Å². The van der Waals surface area contributed by atoms with Crippen molar-refractivity contribution in [3.8, 4) is 0 Å². The van der Waals surface area contributed by atoms with Gasteiger partial charge in [0.15, 0.2) is 5.82 Å².